The quantitative estimate of drug-likeness (QED) is 0.488. The minimum atomic E-state index is -4.65. The van der Waals surface area contributed by atoms with Crippen molar-refractivity contribution in [3.63, 3.8) is 0 Å². The van der Waals surface area contributed by atoms with Crippen LogP contribution in [0.3, 0.4) is 0 Å². The average molecular weight is 188 g/mol. The zero-order valence-corrected chi connectivity index (χ0v) is 6.79. The molecule has 1 saturated heterocycles. The molecule has 1 aliphatic heterocycles. The third-order valence-corrected chi connectivity index (χ3v) is 4.08. The SMILES string of the molecule is CC1OP1(=O)OP(=O)(O)O. The topological polar surface area (TPSA) is 96.4 Å². The molecule has 0 amide bonds. The van der Waals surface area contributed by atoms with Crippen LogP contribution in [0.25, 0.3) is 0 Å². The van der Waals surface area contributed by atoms with Gasteiger partial charge < -0.3 is 9.79 Å². The fraction of sp³-hybridized carbons (Fsp3) is 1.00. The molecule has 0 aliphatic carbocycles. The molecule has 1 rings (SSSR count). The summed E-state index contributed by atoms with van der Waals surface area (Å²) in [5.74, 6) is -0.680. The smallest absolute Gasteiger partial charge is 0.302 e. The van der Waals surface area contributed by atoms with Gasteiger partial charge in [-0.05, 0) is 6.92 Å². The van der Waals surface area contributed by atoms with Gasteiger partial charge in [-0.2, -0.15) is 0 Å². The Morgan fingerprint density at radius 1 is 1.70 bits per heavy atom. The summed E-state index contributed by atoms with van der Waals surface area (Å²) in [6.45, 7) is 1.41. The van der Waals surface area contributed by atoms with Gasteiger partial charge in [0.2, 0.25) is 0 Å². The lowest BCUT2D eigenvalue weighted by atomic mass is 10.9. The van der Waals surface area contributed by atoms with E-state index in [9.17, 15) is 9.13 Å². The Labute approximate surface area is 56.9 Å². The molecule has 0 aromatic rings. The largest absolute Gasteiger partial charge is 0.476 e. The highest BCUT2D eigenvalue weighted by molar-refractivity contribution is 7.68. The van der Waals surface area contributed by atoms with Crippen molar-refractivity contribution in [1.82, 2.24) is 0 Å². The molecule has 2 N–H and O–H groups in total. The highest BCUT2D eigenvalue weighted by Crippen LogP contribution is 2.75. The minimum absolute atomic E-state index is 0.680. The zero-order chi connectivity index (χ0) is 7.99. The van der Waals surface area contributed by atoms with Crippen molar-refractivity contribution >= 4 is 15.4 Å². The number of phosphoric acid groups is 1. The van der Waals surface area contributed by atoms with Crippen LogP contribution in [0.4, 0.5) is 0 Å². The van der Waals surface area contributed by atoms with Crippen LogP contribution in [-0.2, 0) is 18.0 Å². The van der Waals surface area contributed by atoms with Crippen molar-refractivity contribution in [2.45, 2.75) is 12.8 Å². The standard InChI is InChI=1S/C2H6O6P2/c1-2-7-9(2,3)8-10(4,5)6/h2H,1H3,(H2,4,5,6). The van der Waals surface area contributed by atoms with Gasteiger partial charge in [0.1, 0.15) is 0 Å². The summed E-state index contributed by atoms with van der Waals surface area (Å²) in [5.41, 5.74) is 0. The van der Waals surface area contributed by atoms with Gasteiger partial charge in [-0.25, -0.2) is 8.88 Å². The van der Waals surface area contributed by atoms with Crippen LogP contribution in [0.1, 0.15) is 6.92 Å². The van der Waals surface area contributed by atoms with E-state index in [-0.39, 0.29) is 0 Å². The van der Waals surface area contributed by atoms with Crippen molar-refractivity contribution in [1.29, 1.82) is 0 Å². The summed E-state index contributed by atoms with van der Waals surface area (Å²) in [6.07, 6.45) is 0. The normalized spacial score (nSPS) is 39.7. The van der Waals surface area contributed by atoms with Gasteiger partial charge in [-0.3, -0.25) is 9.09 Å². The number of hydrogen-bond acceptors (Lipinski definition) is 4. The molecule has 0 spiro atoms. The first-order chi connectivity index (χ1) is 4.33. The van der Waals surface area contributed by atoms with Gasteiger partial charge in [0.25, 0.3) is 0 Å². The first-order valence-electron chi connectivity index (χ1n) is 2.38. The lowest BCUT2D eigenvalue weighted by molar-refractivity contribution is 0.280. The molecule has 0 saturated carbocycles. The molecule has 1 aliphatic rings. The summed E-state index contributed by atoms with van der Waals surface area (Å²) >= 11 is 0. The first-order valence-corrected chi connectivity index (χ1v) is 5.53. The van der Waals surface area contributed by atoms with Crippen LogP contribution in [-0.4, -0.2) is 15.6 Å². The highest BCUT2D eigenvalue weighted by Gasteiger charge is 2.55. The van der Waals surface area contributed by atoms with Crippen LogP contribution in [0, 0.1) is 0 Å². The van der Waals surface area contributed by atoms with E-state index in [1.54, 1.807) is 0 Å². The Balaban J connectivity index is 2.57. The number of hydrogen-bond donors (Lipinski definition) is 2. The Hall–Kier alpha value is 0.300. The third-order valence-electron chi connectivity index (χ3n) is 0.919. The van der Waals surface area contributed by atoms with Crippen molar-refractivity contribution in [3.8, 4) is 0 Å². The third kappa shape index (κ3) is 1.89. The lowest BCUT2D eigenvalue weighted by Gasteiger charge is -1.98. The van der Waals surface area contributed by atoms with Crippen LogP contribution >= 0.6 is 15.4 Å². The van der Waals surface area contributed by atoms with E-state index in [0.29, 0.717) is 0 Å². The van der Waals surface area contributed by atoms with Gasteiger partial charge in [-0.15, -0.1) is 0 Å². The summed E-state index contributed by atoms with van der Waals surface area (Å²) in [6, 6.07) is 0. The molecule has 0 aromatic heterocycles. The van der Waals surface area contributed by atoms with Crippen molar-refractivity contribution < 1.29 is 27.8 Å². The zero-order valence-electron chi connectivity index (χ0n) is 5.00. The monoisotopic (exact) mass is 188 g/mol. The molecule has 0 aromatic carbocycles. The van der Waals surface area contributed by atoms with E-state index < -0.39 is 21.3 Å². The van der Waals surface area contributed by atoms with Crippen molar-refractivity contribution in [2.75, 3.05) is 0 Å². The van der Waals surface area contributed by atoms with Gasteiger partial charge >= 0.3 is 15.4 Å². The van der Waals surface area contributed by atoms with Gasteiger partial charge in [0.15, 0.2) is 5.85 Å². The van der Waals surface area contributed by atoms with E-state index in [1.165, 1.54) is 6.92 Å². The van der Waals surface area contributed by atoms with E-state index >= 15 is 0 Å². The van der Waals surface area contributed by atoms with Crippen LogP contribution in [0.2, 0.25) is 0 Å². The summed E-state index contributed by atoms with van der Waals surface area (Å²) in [7, 11) is -8.04. The van der Waals surface area contributed by atoms with E-state index in [1.807, 2.05) is 0 Å². The predicted octanol–water partition coefficient (Wildman–Crippen LogP) is 0.665. The van der Waals surface area contributed by atoms with E-state index in [0.717, 1.165) is 0 Å². The Kier molecular flexibility index (Phi) is 1.80. The molecule has 1 heterocycles. The van der Waals surface area contributed by atoms with Gasteiger partial charge in [0.05, 0.1) is 0 Å². The predicted molar refractivity (Wildman–Crippen MR) is 31.3 cm³/mol. The molecule has 2 unspecified atom stereocenters. The maximum absolute atomic E-state index is 10.7. The second-order valence-electron chi connectivity index (χ2n) is 1.82. The van der Waals surface area contributed by atoms with Crippen molar-refractivity contribution in [2.24, 2.45) is 0 Å². The lowest BCUT2D eigenvalue weighted by Crippen LogP contribution is -1.78. The summed E-state index contributed by atoms with van der Waals surface area (Å²) in [4.78, 5) is 16.3. The molecule has 0 bridgehead atoms. The van der Waals surface area contributed by atoms with Crippen molar-refractivity contribution in [3.05, 3.63) is 0 Å². The molecular weight excluding hydrogens is 182 g/mol. The second-order valence-corrected chi connectivity index (χ2v) is 5.47. The Morgan fingerprint density at radius 2 is 2.10 bits per heavy atom. The summed E-state index contributed by atoms with van der Waals surface area (Å²) < 4.78 is 29.0. The fourth-order valence-electron chi connectivity index (χ4n) is 0.419. The van der Waals surface area contributed by atoms with Crippen LogP contribution in [0.5, 0.6) is 0 Å². The number of rotatable bonds is 2. The molecule has 8 heteroatoms. The van der Waals surface area contributed by atoms with Gasteiger partial charge in [0, 0.05) is 0 Å². The Morgan fingerprint density at radius 3 is 2.20 bits per heavy atom. The van der Waals surface area contributed by atoms with Crippen LogP contribution in [0.15, 0.2) is 0 Å². The van der Waals surface area contributed by atoms with E-state index in [2.05, 4.69) is 8.83 Å². The minimum Gasteiger partial charge on any atom is -0.302 e. The molecule has 10 heavy (non-hydrogen) atoms. The first kappa shape index (κ1) is 8.40. The molecule has 6 nitrogen and oxygen atoms in total. The maximum atomic E-state index is 10.7. The highest BCUT2D eigenvalue weighted by atomic mass is 31.3. The molecule has 0 radical (unpaired) electrons. The molecular formula is C2H6O6P2. The van der Waals surface area contributed by atoms with Gasteiger partial charge in [-0.1, -0.05) is 0 Å². The fourth-order valence-corrected chi connectivity index (χ4v) is 2.89. The molecule has 2 atom stereocenters. The Bertz CT molecular complexity index is 228. The molecule has 60 valence electrons. The molecule has 1 fully saturated rings. The second kappa shape index (κ2) is 2.14. The summed E-state index contributed by atoms with van der Waals surface area (Å²) in [5, 5.41) is 0. The maximum Gasteiger partial charge on any atom is 0.476 e. The average Bonchev–Trinajstić information content (AvgIpc) is 2.05. The van der Waals surface area contributed by atoms with E-state index in [4.69, 9.17) is 9.79 Å². The van der Waals surface area contributed by atoms with Crippen LogP contribution < -0.4 is 0 Å².